The zero-order valence-electron chi connectivity index (χ0n) is 12.3. The second-order valence-electron chi connectivity index (χ2n) is 5.21. The van der Waals surface area contributed by atoms with Gasteiger partial charge in [-0.05, 0) is 17.7 Å². The van der Waals surface area contributed by atoms with Crippen LogP contribution in [0, 0.1) is 0 Å². The van der Waals surface area contributed by atoms with E-state index in [4.69, 9.17) is 21.1 Å². The molecule has 0 atom stereocenters. The molecule has 2 aliphatic rings. The Bertz CT molecular complexity index is 550. The number of rotatable bonds is 2. The molecule has 120 valence electrons. The predicted octanol–water partition coefficient (Wildman–Crippen LogP) is 2.76. The van der Waals surface area contributed by atoms with Gasteiger partial charge in [-0.1, -0.05) is 11.6 Å². The van der Waals surface area contributed by atoms with Crippen LogP contribution in [-0.2, 0) is 6.54 Å². The molecule has 1 aromatic rings. The second kappa shape index (κ2) is 7.33. The van der Waals surface area contributed by atoms with Gasteiger partial charge in [-0.2, -0.15) is 11.8 Å². The summed E-state index contributed by atoms with van der Waals surface area (Å²) in [5.74, 6) is 3.26. The Morgan fingerprint density at radius 1 is 1.27 bits per heavy atom. The summed E-state index contributed by atoms with van der Waals surface area (Å²) in [7, 11) is 0. The average Bonchev–Trinajstić information content (AvgIpc) is 2.79. The minimum Gasteiger partial charge on any atom is -0.489 e. The topological polar surface area (TPSA) is 50.8 Å². The minimum atomic E-state index is -0.0245. The maximum Gasteiger partial charge on any atom is 0.317 e. The summed E-state index contributed by atoms with van der Waals surface area (Å²) in [5.41, 5.74) is 0.911. The van der Waals surface area contributed by atoms with Gasteiger partial charge in [0.2, 0.25) is 0 Å². The van der Waals surface area contributed by atoms with Gasteiger partial charge in [0.1, 0.15) is 0 Å². The van der Waals surface area contributed by atoms with Crippen molar-refractivity contribution in [3.05, 3.63) is 22.7 Å². The molecule has 7 heteroatoms. The average molecular weight is 343 g/mol. The maximum atomic E-state index is 12.1. The first-order valence-corrected chi connectivity index (χ1v) is 8.96. The van der Waals surface area contributed by atoms with Crippen molar-refractivity contribution >= 4 is 29.4 Å². The molecule has 0 aromatic heterocycles. The summed E-state index contributed by atoms with van der Waals surface area (Å²) in [6.45, 7) is 3.26. The lowest BCUT2D eigenvalue weighted by Gasteiger charge is -2.26. The summed E-state index contributed by atoms with van der Waals surface area (Å²) in [6, 6.07) is 3.68. The molecule has 0 bridgehead atoms. The SMILES string of the molecule is O=C(NCc1cc(Cl)c2c(c1)OCCCO2)N1CCSCC1. The smallest absolute Gasteiger partial charge is 0.317 e. The predicted molar refractivity (Wildman–Crippen MR) is 88.2 cm³/mol. The number of hydrogen-bond acceptors (Lipinski definition) is 4. The van der Waals surface area contributed by atoms with Gasteiger partial charge < -0.3 is 19.7 Å². The number of fused-ring (bicyclic) bond motifs is 1. The van der Waals surface area contributed by atoms with Crippen LogP contribution < -0.4 is 14.8 Å². The molecule has 5 nitrogen and oxygen atoms in total. The van der Waals surface area contributed by atoms with Crippen LogP contribution in [0.25, 0.3) is 0 Å². The summed E-state index contributed by atoms with van der Waals surface area (Å²) in [4.78, 5) is 14.0. The number of nitrogens with zero attached hydrogens (tertiary/aromatic N) is 1. The molecular weight excluding hydrogens is 324 g/mol. The largest absolute Gasteiger partial charge is 0.489 e. The van der Waals surface area contributed by atoms with E-state index in [0.29, 0.717) is 36.3 Å². The van der Waals surface area contributed by atoms with Gasteiger partial charge >= 0.3 is 6.03 Å². The molecule has 22 heavy (non-hydrogen) atoms. The van der Waals surface area contributed by atoms with Gasteiger partial charge in [-0.15, -0.1) is 0 Å². The Balaban J connectivity index is 1.64. The van der Waals surface area contributed by atoms with E-state index in [1.165, 1.54) is 0 Å². The lowest BCUT2D eigenvalue weighted by molar-refractivity contribution is 0.202. The number of halogens is 1. The number of carbonyl (C=O) groups is 1. The van der Waals surface area contributed by atoms with Crippen LogP contribution in [-0.4, -0.2) is 48.7 Å². The van der Waals surface area contributed by atoms with Crippen molar-refractivity contribution in [2.24, 2.45) is 0 Å². The highest BCUT2D eigenvalue weighted by atomic mass is 35.5. The normalized spacial score (nSPS) is 17.8. The van der Waals surface area contributed by atoms with E-state index in [2.05, 4.69) is 5.32 Å². The molecule has 1 aromatic carbocycles. The number of benzene rings is 1. The van der Waals surface area contributed by atoms with Crippen molar-refractivity contribution in [3.63, 3.8) is 0 Å². The van der Waals surface area contributed by atoms with Crippen molar-refractivity contribution in [1.29, 1.82) is 0 Å². The first-order valence-electron chi connectivity index (χ1n) is 7.42. The fraction of sp³-hybridized carbons (Fsp3) is 0.533. The van der Waals surface area contributed by atoms with E-state index in [9.17, 15) is 4.79 Å². The molecule has 2 amide bonds. The van der Waals surface area contributed by atoms with Crippen molar-refractivity contribution in [2.75, 3.05) is 37.8 Å². The molecule has 0 spiro atoms. The highest BCUT2D eigenvalue weighted by molar-refractivity contribution is 7.99. The van der Waals surface area contributed by atoms with E-state index < -0.39 is 0 Å². The monoisotopic (exact) mass is 342 g/mol. The minimum absolute atomic E-state index is 0.0245. The summed E-state index contributed by atoms with van der Waals surface area (Å²) in [6.07, 6.45) is 0.837. The number of ether oxygens (including phenoxy) is 2. The fourth-order valence-electron chi connectivity index (χ4n) is 2.44. The van der Waals surface area contributed by atoms with Crippen LogP contribution in [0.2, 0.25) is 5.02 Å². The summed E-state index contributed by atoms with van der Waals surface area (Å²) < 4.78 is 11.3. The third-order valence-corrected chi connectivity index (χ3v) is 4.83. The van der Waals surface area contributed by atoms with Crippen LogP contribution in [0.4, 0.5) is 4.79 Å². The number of thioether (sulfide) groups is 1. The van der Waals surface area contributed by atoms with Crippen molar-refractivity contribution < 1.29 is 14.3 Å². The number of nitrogens with one attached hydrogen (secondary N) is 1. The Kier molecular flexibility index (Phi) is 5.20. The van der Waals surface area contributed by atoms with Gasteiger partial charge in [-0.3, -0.25) is 0 Å². The molecule has 1 saturated heterocycles. The van der Waals surface area contributed by atoms with Gasteiger partial charge in [0.15, 0.2) is 11.5 Å². The Hall–Kier alpha value is -1.27. The summed E-state index contributed by atoms with van der Waals surface area (Å²) >= 11 is 8.13. The van der Waals surface area contributed by atoms with E-state index in [-0.39, 0.29) is 6.03 Å². The third-order valence-electron chi connectivity index (χ3n) is 3.60. The van der Waals surface area contributed by atoms with Crippen LogP contribution in [0.1, 0.15) is 12.0 Å². The fourth-order valence-corrected chi connectivity index (χ4v) is 3.63. The molecule has 0 radical (unpaired) electrons. The quantitative estimate of drug-likeness (QED) is 0.898. The Morgan fingerprint density at radius 3 is 2.86 bits per heavy atom. The van der Waals surface area contributed by atoms with E-state index in [0.717, 1.165) is 36.6 Å². The summed E-state index contributed by atoms with van der Waals surface area (Å²) in [5, 5.41) is 3.47. The molecule has 1 N–H and O–H groups in total. The van der Waals surface area contributed by atoms with Gasteiger partial charge in [0.25, 0.3) is 0 Å². The first kappa shape index (κ1) is 15.6. The highest BCUT2D eigenvalue weighted by Gasteiger charge is 2.18. The Morgan fingerprint density at radius 2 is 2.05 bits per heavy atom. The van der Waals surface area contributed by atoms with Gasteiger partial charge in [0.05, 0.1) is 18.2 Å². The van der Waals surface area contributed by atoms with Crippen LogP contribution in [0.3, 0.4) is 0 Å². The first-order chi connectivity index (χ1) is 10.7. The number of urea groups is 1. The van der Waals surface area contributed by atoms with Crippen molar-refractivity contribution in [3.8, 4) is 11.5 Å². The molecule has 1 fully saturated rings. The second-order valence-corrected chi connectivity index (χ2v) is 6.85. The van der Waals surface area contributed by atoms with E-state index in [1.54, 1.807) is 0 Å². The van der Waals surface area contributed by atoms with Crippen LogP contribution >= 0.6 is 23.4 Å². The molecule has 0 unspecified atom stereocenters. The maximum absolute atomic E-state index is 12.1. The lowest BCUT2D eigenvalue weighted by atomic mass is 10.2. The molecule has 0 aliphatic carbocycles. The van der Waals surface area contributed by atoms with E-state index >= 15 is 0 Å². The van der Waals surface area contributed by atoms with Crippen LogP contribution in [0.15, 0.2) is 12.1 Å². The van der Waals surface area contributed by atoms with Crippen molar-refractivity contribution in [1.82, 2.24) is 10.2 Å². The highest BCUT2D eigenvalue weighted by Crippen LogP contribution is 2.37. The number of carbonyl (C=O) groups excluding carboxylic acids is 1. The standard InChI is InChI=1S/C15H19ClN2O3S/c16-12-8-11(9-13-14(12)21-5-1-4-20-13)10-17-15(19)18-2-6-22-7-3-18/h8-9H,1-7,10H2,(H,17,19). The van der Waals surface area contributed by atoms with Gasteiger partial charge in [0, 0.05) is 37.6 Å². The third kappa shape index (κ3) is 3.73. The molecule has 3 rings (SSSR count). The zero-order valence-corrected chi connectivity index (χ0v) is 13.8. The number of hydrogen-bond donors (Lipinski definition) is 1. The zero-order chi connectivity index (χ0) is 15.4. The molecule has 2 heterocycles. The van der Waals surface area contributed by atoms with Gasteiger partial charge in [-0.25, -0.2) is 4.79 Å². The Labute approximate surface area is 139 Å². The molecule has 0 saturated carbocycles. The molecular formula is C15H19ClN2O3S. The van der Waals surface area contributed by atoms with Crippen molar-refractivity contribution in [2.45, 2.75) is 13.0 Å². The number of amides is 2. The van der Waals surface area contributed by atoms with E-state index in [1.807, 2.05) is 28.8 Å². The molecule has 2 aliphatic heterocycles. The van der Waals surface area contributed by atoms with Crippen LogP contribution in [0.5, 0.6) is 11.5 Å². The lowest BCUT2D eigenvalue weighted by Crippen LogP contribution is -2.44.